The standard InChI is InChI=1S/C17H23NO6/c1-13(2)5-4-12-23-16(19)6-3-7-17(20)24-15-10-8-14(9-11-15)18(21)22/h8-11,13H,3-7,12H2,1-2H3. The van der Waals surface area contributed by atoms with Gasteiger partial charge in [0.05, 0.1) is 11.5 Å². The Balaban J connectivity index is 2.19. The van der Waals surface area contributed by atoms with E-state index in [0.29, 0.717) is 18.9 Å². The second kappa shape index (κ2) is 10.4. The van der Waals surface area contributed by atoms with Crippen LogP contribution in [0.25, 0.3) is 0 Å². The minimum atomic E-state index is -0.529. The van der Waals surface area contributed by atoms with Gasteiger partial charge in [0.1, 0.15) is 5.75 Å². The highest BCUT2D eigenvalue weighted by molar-refractivity contribution is 5.74. The molecule has 0 radical (unpaired) electrons. The zero-order valence-corrected chi connectivity index (χ0v) is 14.0. The Hall–Kier alpha value is -2.44. The van der Waals surface area contributed by atoms with Crippen molar-refractivity contribution in [3.05, 3.63) is 34.4 Å². The molecule has 0 aromatic heterocycles. The van der Waals surface area contributed by atoms with E-state index in [1.165, 1.54) is 24.3 Å². The Morgan fingerprint density at radius 1 is 1.08 bits per heavy atom. The third kappa shape index (κ3) is 8.26. The average molecular weight is 337 g/mol. The molecule has 0 aliphatic heterocycles. The van der Waals surface area contributed by atoms with Gasteiger partial charge in [-0.05, 0) is 37.3 Å². The molecule has 0 saturated carbocycles. The minimum Gasteiger partial charge on any atom is -0.466 e. The molecule has 0 atom stereocenters. The van der Waals surface area contributed by atoms with E-state index in [-0.39, 0.29) is 30.2 Å². The highest BCUT2D eigenvalue weighted by atomic mass is 16.6. The van der Waals surface area contributed by atoms with Crippen molar-refractivity contribution in [1.29, 1.82) is 0 Å². The number of hydrogen-bond acceptors (Lipinski definition) is 6. The minimum absolute atomic E-state index is 0.0741. The van der Waals surface area contributed by atoms with Gasteiger partial charge in [-0.1, -0.05) is 13.8 Å². The van der Waals surface area contributed by atoms with Crippen LogP contribution >= 0.6 is 0 Å². The van der Waals surface area contributed by atoms with E-state index in [1.807, 2.05) is 0 Å². The second-order valence-electron chi connectivity index (χ2n) is 5.84. The van der Waals surface area contributed by atoms with Gasteiger partial charge in [0, 0.05) is 25.0 Å². The van der Waals surface area contributed by atoms with E-state index >= 15 is 0 Å². The van der Waals surface area contributed by atoms with Gasteiger partial charge in [-0.2, -0.15) is 0 Å². The number of nitro groups is 1. The molecule has 0 aliphatic rings. The fraction of sp³-hybridized carbons (Fsp3) is 0.529. The Bertz CT molecular complexity index is 553. The first kappa shape index (κ1) is 19.6. The molecule has 0 aliphatic carbocycles. The van der Waals surface area contributed by atoms with E-state index < -0.39 is 10.9 Å². The summed E-state index contributed by atoms with van der Waals surface area (Å²) in [5.41, 5.74) is -0.0741. The summed E-state index contributed by atoms with van der Waals surface area (Å²) in [5, 5.41) is 10.5. The van der Waals surface area contributed by atoms with Crippen LogP contribution in [0.1, 0.15) is 46.0 Å². The number of esters is 2. The van der Waals surface area contributed by atoms with Crippen molar-refractivity contribution < 1.29 is 24.0 Å². The van der Waals surface area contributed by atoms with Gasteiger partial charge in [-0.15, -0.1) is 0 Å². The maximum Gasteiger partial charge on any atom is 0.311 e. The van der Waals surface area contributed by atoms with Crippen molar-refractivity contribution >= 4 is 17.6 Å². The number of carbonyl (C=O) groups is 2. The highest BCUT2D eigenvalue weighted by Crippen LogP contribution is 2.18. The van der Waals surface area contributed by atoms with Gasteiger partial charge >= 0.3 is 11.9 Å². The molecule has 1 aromatic rings. The molecule has 0 spiro atoms. The Kier molecular flexibility index (Phi) is 8.46. The quantitative estimate of drug-likeness (QED) is 0.213. The molecule has 7 heteroatoms. The SMILES string of the molecule is CC(C)CCCOC(=O)CCCC(=O)Oc1ccc([N+](=O)[O-])cc1. The molecule has 0 N–H and O–H groups in total. The average Bonchev–Trinajstić information content (AvgIpc) is 2.52. The highest BCUT2D eigenvalue weighted by Gasteiger charge is 2.10. The molecule has 0 amide bonds. The van der Waals surface area contributed by atoms with Gasteiger partial charge in [-0.25, -0.2) is 0 Å². The lowest BCUT2D eigenvalue weighted by Crippen LogP contribution is -2.10. The zero-order valence-electron chi connectivity index (χ0n) is 14.0. The van der Waals surface area contributed by atoms with Crippen molar-refractivity contribution in [2.45, 2.75) is 46.0 Å². The summed E-state index contributed by atoms with van der Waals surface area (Å²) in [7, 11) is 0. The van der Waals surface area contributed by atoms with Gasteiger partial charge in [0.15, 0.2) is 0 Å². The lowest BCUT2D eigenvalue weighted by Gasteiger charge is -2.06. The van der Waals surface area contributed by atoms with Gasteiger partial charge in [-0.3, -0.25) is 19.7 Å². The molecular weight excluding hydrogens is 314 g/mol. The molecule has 132 valence electrons. The molecule has 0 fully saturated rings. The van der Waals surface area contributed by atoms with Crippen molar-refractivity contribution in [2.24, 2.45) is 5.92 Å². The third-order valence-electron chi connectivity index (χ3n) is 3.23. The lowest BCUT2D eigenvalue weighted by atomic mass is 10.1. The topological polar surface area (TPSA) is 95.7 Å². The first-order valence-corrected chi connectivity index (χ1v) is 7.99. The normalized spacial score (nSPS) is 10.5. The van der Waals surface area contributed by atoms with E-state index in [1.54, 1.807) is 0 Å². The largest absolute Gasteiger partial charge is 0.466 e. The number of rotatable bonds is 10. The summed E-state index contributed by atoms with van der Waals surface area (Å²) in [5.74, 6) is 0.0121. The number of nitrogens with zero attached hydrogens (tertiary/aromatic N) is 1. The zero-order chi connectivity index (χ0) is 17.9. The molecule has 7 nitrogen and oxygen atoms in total. The van der Waals surface area contributed by atoms with Crippen molar-refractivity contribution in [3.63, 3.8) is 0 Å². The fourth-order valence-corrected chi connectivity index (χ4v) is 1.95. The third-order valence-corrected chi connectivity index (χ3v) is 3.23. The predicted octanol–water partition coefficient (Wildman–Crippen LogP) is 3.65. The van der Waals surface area contributed by atoms with Crippen LogP contribution in [0.3, 0.4) is 0 Å². The summed E-state index contributed by atoms with van der Waals surface area (Å²) < 4.78 is 10.1. The molecule has 1 aromatic carbocycles. The summed E-state index contributed by atoms with van der Waals surface area (Å²) in [6.45, 7) is 4.63. The summed E-state index contributed by atoms with van der Waals surface area (Å²) >= 11 is 0. The molecule has 0 saturated heterocycles. The lowest BCUT2D eigenvalue weighted by molar-refractivity contribution is -0.384. The number of nitro benzene ring substituents is 1. The van der Waals surface area contributed by atoms with Gasteiger partial charge in [0.2, 0.25) is 0 Å². The first-order chi connectivity index (χ1) is 11.4. The number of benzene rings is 1. The molecule has 24 heavy (non-hydrogen) atoms. The molecule has 0 unspecified atom stereocenters. The summed E-state index contributed by atoms with van der Waals surface area (Å²) in [6, 6.07) is 5.24. The number of ether oxygens (including phenoxy) is 2. The van der Waals surface area contributed by atoms with Crippen molar-refractivity contribution in [2.75, 3.05) is 6.61 Å². The van der Waals surface area contributed by atoms with Crippen LogP contribution in [0.2, 0.25) is 0 Å². The van der Waals surface area contributed by atoms with Gasteiger partial charge in [0.25, 0.3) is 5.69 Å². The van der Waals surface area contributed by atoms with Crippen LogP contribution in [0, 0.1) is 16.0 Å². The maximum atomic E-state index is 11.6. The number of carbonyl (C=O) groups excluding carboxylic acids is 2. The van der Waals surface area contributed by atoms with Crippen molar-refractivity contribution in [3.8, 4) is 5.75 Å². The van der Waals surface area contributed by atoms with Crippen LogP contribution in [-0.4, -0.2) is 23.5 Å². The molecule has 0 heterocycles. The summed E-state index contributed by atoms with van der Waals surface area (Å²) in [6.07, 6.45) is 2.43. The number of non-ortho nitro benzene ring substituents is 1. The predicted molar refractivity (Wildman–Crippen MR) is 87.6 cm³/mol. The van der Waals surface area contributed by atoms with Crippen LogP contribution in [0.4, 0.5) is 5.69 Å². The van der Waals surface area contributed by atoms with E-state index in [4.69, 9.17) is 9.47 Å². The van der Waals surface area contributed by atoms with E-state index in [9.17, 15) is 19.7 Å². The van der Waals surface area contributed by atoms with Crippen LogP contribution < -0.4 is 4.74 Å². The Morgan fingerprint density at radius 3 is 2.29 bits per heavy atom. The van der Waals surface area contributed by atoms with E-state index in [2.05, 4.69) is 13.8 Å². The summed E-state index contributed by atoms with van der Waals surface area (Å²) in [4.78, 5) is 33.1. The van der Waals surface area contributed by atoms with Crippen molar-refractivity contribution in [1.82, 2.24) is 0 Å². The van der Waals surface area contributed by atoms with Crippen LogP contribution in [0.5, 0.6) is 5.75 Å². The number of hydrogen-bond donors (Lipinski definition) is 0. The van der Waals surface area contributed by atoms with Crippen LogP contribution in [-0.2, 0) is 14.3 Å². The maximum absolute atomic E-state index is 11.6. The van der Waals surface area contributed by atoms with E-state index in [0.717, 1.165) is 12.8 Å². The Morgan fingerprint density at radius 2 is 1.71 bits per heavy atom. The smallest absolute Gasteiger partial charge is 0.311 e. The van der Waals surface area contributed by atoms with Crippen LogP contribution in [0.15, 0.2) is 24.3 Å². The Labute approximate surface area is 141 Å². The molecule has 0 bridgehead atoms. The molecule has 1 rings (SSSR count). The van der Waals surface area contributed by atoms with Gasteiger partial charge < -0.3 is 9.47 Å². The monoisotopic (exact) mass is 337 g/mol. The molecular formula is C17H23NO6. The second-order valence-corrected chi connectivity index (χ2v) is 5.84. The fourth-order valence-electron chi connectivity index (χ4n) is 1.95. The first-order valence-electron chi connectivity index (χ1n) is 7.99.